The molecule has 3 rings (SSSR count). The molecule has 0 aliphatic heterocycles. The molecular formula is C15H14N4. The number of nitrogens with two attached hydrogens (primary N) is 1. The fourth-order valence-electron chi connectivity index (χ4n) is 2.03. The number of nitrogen functional groups attached to an aromatic ring is 1. The molecule has 0 amide bonds. The fourth-order valence-corrected chi connectivity index (χ4v) is 2.03. The molecular weight excluding hydrogens is 236 g/mol. The number of rotatable bonds is 3. The monoisotopic (exact) mass is 250 g/mol. The molecule has 3 aromatic rings. The molecule has 2 heterocycles. The standard InChI is InChI=1S/C15H14N4/c16-15-12-4-2-8-18-13(12)5-6-14(15)19-10-11-3-1-7-17-9-11/h1-9,19H,10,16H2. The normalized spacial score (nSPS) is 10.5. The van der Waals surface area contributed by atoms with Gasteiger partial charge in [-0.2, -0.15) is 0 Å². The Morgan fingerprint density at radius 2 is 1.95 bits per heavy atom. The van der Waals surface area contributed by atoms with Gasteiger partial charge in [-0.05, 0) is 35.9 Å². The molecule has 2 aromatic heterocycles. The highest BCUT2D eigenvalue weighted by atomic mass is 14.9. The molecule has 0 fully saturated rings. The first kappa shape index (κ1) is 11.5. The second-order valence-corrected chi connectivity index (χ2v) is 4.31. The highest BCUT2D eigenvalue weighted by Gasteiger charge is 2.04. The van der Waals surface area contributed by atoms with Gasteiger partial charge >= 0.3 is 0 Å². The molecule has 0 saturated heterocycles. The van der Waals surface area contributed by atoms with Gasteiger partial charge in [-0.1, -0.05) is 6.07 Å². The summed E-state index contributed by atoms with van der Waals surface area (Å²) < 4.78 is 0. The molecule has 1 aromatic carbocycles. The van der Waals surface area contributed by atoms with Crippen LogP contribution in [0.5, 0.6) is 0 Å². The molecule has 0 atom stereocenters. The van der Waals surface area contributed by atoms with Crippen molar-refractivity contribution in [1.29, 1.82) is 0 Å². The first-order chi connectivity index (χ1) is 9.34. The Morgan fingerprint density at radius 3 is 2.79 bits per heavy atom. The van der Waals surface area contributed by atoms with Gasteiger partial charge in [0.2, 0.25) is 0 Å². The van der Waals surface area contributed by atoms with E-state index in [0.717, 1.165) is 27.8 Å². The van der Waals surface area contributed by atoms with Gasteiger partial charge in [0.1, 0.15) is 0 Å². The Labute approximate surface area is 111 Å². The smallest absolute Gasteiger partial charge is 0.0724 e. The zero-order chi connectivity index (χ0) is 13.1. The minimum Gasteiger partial charge on any atom is -0.397 e. The lowest BCUT2D eigenvalue weighted by atomic mass is 10.1. The lowest BCUT2D eigenvalue weighted by Crippen LogP contribution is -2.03. The van der Waals surface area contributed by atoms with Crippen molar-refractivity contribution < 1.29 is 0 Å². The van der Waals surface area contributed by atoms with Crippen LogP contribution in [0.3, 0.4) is 0 Å². The maximum absolute atomic E-state index is 6.17. The van der Waals surface area contributed by atoms with Gasteiger partial charge in [-0.15, -0.1) is 0 Å². The minimum absolute atomic E-state index is 0.698. The number of benzene rings is 1. The summed E-state index contributed by atoms with van der Waals surface area (Å²) in [5.41, 5.74) is 9.84. The number of anilines is 2. The molecule has 4 heteroatoms. The summed E-state index contributed by atoms with van der Waals surface area (Å²) in [7, 11) is 0. The summed E-state index contributed by atoms with van der Waals surface area (Å²) in [6, 6.07) is 11.7. The second-order valence-electron chi connectivity index (χ2n) is 4.31. The Morgan fingerprint density at radius 1 is 1.05 bits per heavy atom. The SMILES string of the molecule is Nc1c(NCc2cccnc2)ccc2ncccc12. The van der Waals surface area contributed by atoms with Crippen molar-refractivity contribution in [2.45, 2.75) is 6.54 Å². The van der Waals surface area contributed by atoms with Gasteiger partial charge < -0.3 is 11.1 Å². The van der Waals surface area contributed by atoms with Gasteiger partial charge in [0.15, 0.2) is 0 Å². The summed E-state index contributed by atoms with van der Waals surface area (Å²) in [6.45, 7) is 0.698. The lowest BCUT2D eigenvalue weighted by molar-refractivity contribution is 1.11. The lowest BCUT2D eigenvalue weighted by Gasteiger charge is -2.11. The van der Waals surface area contributed by atoms with Crippen molar-refractivity contribution in [1.82, 2.24) is 9.97 Å². The first-order valence-electron chi connectivity index (χ1n) is 6.10. The van der Waals surface area contributed by atoms with Crippen molar-refractivity contribution in [3.63, 3.8) is 0 Å². The third kappa shape index (κ3) is 2.33. The van der Waals surface area contributed by atoms with E-state index in [1.165, 1.54) is 0 Å². The van der Waals surface area contributed by atoms with Crippen LogP contribution in [-0.4, -0.2) is 9.97 Å². The van der Waals surface area contributed by atoms with Crippen LogP contribution in [0.25, 0.3) is 10.9 Å². The van der Waals surface area contributed by atoms with E-state index in [-0.39, 0.29) is 0 Å². The van der Waals surface area contributed by atoms with Gasteiger partial charge in [0.25, 0.3) is 0 Å². The van der Waals surface area contributed by atoms with Gasteiger partial charge in [0, 0.05) is 30.5 Å². The van der Waals surface area contributed by atoms with Crippen molar-refractivity contribution in [2.75, 3.05) is 11.1 Å². The van der Waals surface area contributed by atoms with Crippen LogP contribution in [0.15, 0.2) is 55.0 Å². The van der Waals surface area contributed by atoms with Crippen LogP contribution < -0.4 is 11.1 Å². The summed E-state index contributed by atoms with van der Waals surface area (Å²) in [5.74, 6) is 0. The number of hydrogen-bond donors (Lipinski definition) is 2. The predicted octanol–water partition coefficient (Wildman–Crippen LogP) is 2.82. The van der Waals surface area contributed by atoms with Crippen LogP contribution in [0.2, 0.25) is 0 Å². The predicted molar refractivity (Wildman–Crippen MR) is 77.7 cm³/mol. The van der Waals surface area contributed by atoms with E-state index < -0.39 is 0 Å². The quantitative estimate of drug-likeness (QED) is 0.702. The highest BCUT2D eigenvalue weighted by molar-refractivity contribution is 5.96. The maximum Gasteiger partial charge on any atom is 0.0724 e. The van der Waals surface area contributed by atoms with Crippen molar-refractivity contribution in [3.8, 4) is 0 Å². The average Bonchev–Trinajstić information content (AvgIpc) is 2.48. The Bertz CT molecular complexity index is 695. The molecule has 0 saturated carbocycles. The average molecular weight is 250 g/mol. The summed E-state index contributed by atoms with van der Waals surface area (Å²) in [6.07, 6.45) is 5.37. The molecule has 0 spiro atoms. The van der Waals surface area contributed by atoms with Gasteiger partial charge in [-0.25, -0.2) is 0 Å². The number of hydrogen-bond acceptors (Lipinski definition) is 4. The zero-order valence-electron chi connectivity index (χ0n) is 10.4. The van der Waals surface area contributed by atoms with E-state index in [1.807, 2.05) is 42.6 Å². The second kappa shape index (κ2) is 4.94. The number of nitrogens with one attached hydrogen (secondary N) is 1. The highest BCUT2D eigenvalue weighted by Crippen LogP contribution is 2.27. The molecule has 0 radical (unpaired) electrons. The third-order valence-electron chi connectivity index (χ3n) is 3.03. The Kier molecular flexibility index (Phi) is 2.98. The summed E-state index contributed by atoms with van der Waals surface area (Å²) >= 11 is 0. The minimum atomic E-state index is 0.698. The van der Waals surface area contributed by atoms with Crippen molar-refractivity contribution in [2.24, 2.45) is 0 Å². The molecule has 0 aliphatic carbocycles. The summed E-state index contributed by atoms with van der Waals surface area (Å²) in [5, 5.41) is 4.30. The molecule has 19 heavy (non-hydrogen) atoms. The summed E-state index contributed by atoms with van der Waals surface area (Å²) in [4.78, 5) is 8.37. The van der Waals surface area contributed by atoms with Crippen LogP contribution in [0.1, 0.15) is 5.56 Å². The topological polar surface area (TPSA) is 63.8 Å². The van der Waals surface area contributed by atoms with Crippen molar-refractivity contribution in [3.05, 3.63) is 60.6 Å². The van der Waals surface area contributed by atoms with Crippen LogP contribution in [-0.2, 0) is 6.54 Å². The Balaban J connectivity index is 1.87. The van der Waals surface area contributed by atoms with E-state index in [0.29, 0.717) is 6.54 Å². The molecule has 3 N–H and O–H groups in total. The molecule has 0 aliphatic rings. The zero-order valence-corrected chi connectivity index (χ0v) is 10.4. The first-order valence-corrected chi connectivity index (χ1v) is 6.10. The maximum atomic E-state index is 6.17. The van der Waals surface area contributed by atoms with E-state index in [4.69, 9.17) is 5.73 Å². The van der Waals surface area contributed by atoms with E-state index in [1.54, 1.807) is 12.4 Å². The molecule has 4 nitrogen and oxygen atoms in total. The number of fused-ring (bicyclic) bond motifs is 1. The number of aromatic nitrogens is 2. The van der Waals surface area contributed by atoms with E-state index >= 15 is 0 Å². The molecule has 94 valence electrons. The third-order valence-corrected chi connectivity index (χ3v) is 3.03. The largest absolute Gasteiger partial charge is 0.397 e. The Hall–Kier alpha value is -2.62. The van der Waals surface area contributed by atoms with Gasteiger partial charge in [0.05, 0.1) is 16.9 Å². The van der Waals surface area contributed by atoms with Crippen LogP contribution in [0.4, 0.5) is 11.4 Å². The van der Waals surface area contributed by atoms with E-state index in [2.05, 4.69) is 15.3 Å². The number of pyridine rings is 2. The molecule has 0 bridgehead atoms. The molecule has 0 unspecified atom stereocenters. The van der Waals surface area contributed by atoms with E-state index in [9.17, 15) is 0 Å². The number of nitrogens with zero attached hydrogens (tertiary/aromatic N) is 2. The van der Waals surface area contributed by atoms with Crippen LogP contribution >= 0.6 is 0 Å². The fraction of sp³-hybridized carbons (Fsp3) is 0.0667. The van der Waals surface area contributed by atoms with Crippen molar-refractivity contribution >= 4 is 22.3 Å². The van der Waals surface area contributed by atoms with Crippen LogP contribution in [0, 0.1) is 0 Å². The van der Waals surface area contributed by atoms with Gasteiger partial charge in [-0.3, -0.25) is 9.97 Å².